The highest BCUT2D eigenvalue weighted by atomic mass is 16.4. The van der Waals surface area contributed by atoms with Crippen LogP contribution in [0.15, 0.2) is 18.2 Å². The molecule has 0 amide bonds. The van der Waals surface area contributed by atoms with Gasteiger partial charge >= 0.3 is 5.97 Å². The smallest absolute Gasteiger partial charge is 0.325 e. The van der Waals surface area contributed by atoms with Crippen LogP contribution in [0.3, 0.4) is 0 Å². The molecule has 1 fully saturated rings. The van der Waals surface area contributed by atoms with Gasteiger partial charge < -0.3 is 15.3 Å². The number of carbonyl (C=O) groups is 1. The number of piperidine rings is 1. The Morgan fingerprint density at radius 3 is 2.86 bits per heavy atom. The zero-order valence-corrected chi connectivity index (χ0v) is 12.3. The van der Waals surface area contributed by atoms with Crippen LogP contribution in [0, 0.1) is 6.92 Å². The van der Waals surface area contributed by atoms with Crippen molar-refractivity contribution in [3.05, 3.63) is 29.3 Å². The summed E-state index contributed by atoms with van der Waals surface area (Å²) >= 11 is 0. The first-order valence-electron chi connectivity index (χ1n) is 7.43. The van der Waals surface area contributed by atoms with E-state index in [1.54, 1.807) is 18.2 Å². The third kappa shape index (κ3) is 3.54. The molecule has 5 nitrogen and oxygen atoms in total. The second kappa shape index (κ2) is 6.91. The standard InChI is InChI=1S/C16H23NO4/c1-11-5-6-14(19)13(10-11)15(16(20)21)17-8-3-2-4-12(17)7-9-18/h5-6,10,12,15,18-19H,2-4,7-9H2,1H3,(H,20,21). The molecule has 1 heterocycles. The second-order valence-electron chi connectivity index (χ2n) is 5.70. The highest BCUT2D eigenvalue weighted by Crippen LogP contribution is 2.34. The minimum atomic E-state index is -0.958. The van der Waals surface area contributed by atoms with Gasteiger partial charge in [0.05, 0.1) is 0 Å². The number of nitrogens with zero attached hydrogens (tertiary/aromatic N) is 1. The Kier molecular flexibility index (Phi) is 5.20. The SMILES string of the molecule is Cc1ccc(O)c(C(C(=O)O)N2CCCCC2CCO)c1. The Labute approximate surface area is 124 Å². The van der Waals surface area contributed by atoms with Gasteiger partial charge in [0.15, 0.2) is 0 Å². The van der Waals surface area contributed by atoms with Crippen LogP contribution in [-0.2, 0) is 4.79 Å². The van der Waals surface area contributed by atoms with Crippen molar-refractivity contribution in [1.82, 2.24) is 4.90 Å². The molecule has 0 radical (unpaired) electrons. The lowest BCUT2D eigenvalue weighted by atomic mass is 9.93. The van der Waals surface area contributed by atoms with Crippen LogP contribution in [0.25, 0.3) is 0 Å². The molecular formula is C16H23NO4. The van der Waals surface area contributed by atoms with Crippen molar-refractivity contribution in [3.8, 4) is 5.75 Å². The number of aliphatic hydroxyl groups excluding tert-OH is 1. The summed E-state index contributed by atoms with van der Waals surface area (Å²) in [6, 6.07) is 4.23. The van der Waals surface area contributed by atoms with Gasteiger partial charge in [0, 0.05) is 18.2 Å². The molecule has 1 saturated heterocycles. The first-order chi connectivity index (χ1) is 10.0. The van der Waals surface area contributed by atoms with Crippen LogP contribution < -0.4 is 0 Å². The molecule has 1 aliphatic heterocycles. The van der Waals surface area contributed by atoms with Crippen molar-refractivity contribution in [2.75, 3.05) is 13.2 Å². The number of likely N-dealkylation sites (tertiary alicyclic amines) is 1. The Hall–Kier alpha value is -1.59. The van der Waals surface area contributed by atoms with Gasteiger partial charge in [-0.1, -0.05) is 24.1 Å². The number of rotatable bonds is 5. The minimum Gasteiger partial charge on any atom is -0.508 e. The summed E-state index contributed by atoms with van der Waals surface area (Å²) in [6.07, 6.45) is 3.44. The Morgan fingerprint density at radius 1 is 1.43 bits per heavy atom. The summed E-state index contributed by atoms with van der Waals surface area (Å²) < 4.78 is 0. The Balaban J connectivity index is 2.37. The molecule has 0 aromatic heterocycles. The van der Waals surface area contributed by atoms with E-state index in [0.29, 0.717) is 18.5 Å². The summed E-state index contributed by atoms with van der Waals surface area (Å²) in [5, 5.41) is 28.9. The van der Waals surface area contributed by atoms with Gasteiger partial charge in [0.2, 0.25) is 0 Å². The Morgan fingerprint density at radius 2 is 2.19 bits per heavy atom. The maximum absolute atomic E-state index is 11.8. The predicted molar refractivity (Wildman–Crippen MR) is 79.3 cm³/mol. The van der Waals surface area contributed by atoms with E-state index >= 15 is 0 Å². The van der Waals surface area contributed by atoms with Crippen molar-refractivity contribution in [2.45, 2.75) is 44.7 Å². The van der Waals surface area contributed by atoms with Crippen LogP contribution in [0.4, 0.5) is 0 Å². The largest absolute Gasteiger partial charge is 0.508 e. The average molecular weight is 293 g/mol. The van der Waals surface area contributed by atoms with E-state index in [9.17, 15) is 20.1 Å². The van der Waals surface area contributed by atoms with E-state index in [1.807, 2.05) is 11.8 Å². The van der Waals surface area contributed by atoms with Crippen molar-refractivity contribution in [1.29, 1.82) is 0 Å². The second-order valence-corrected chi connectivity index (χ2v) is 5.70. The van der Waals surface area contributed by atoms with Gasteiger partial charge in [-0.25, -0.2) is 0 Å². The molecule has 21 heavy (non-hydrogen) atoms. The normalized spacial score (nSPS) is 21.1. The van der Waals surface area contributed by atoms with E-state index < -0.39 is 12.0 Å². The van der Waals surface area contributed by atoms with Gasteiger partial charge in [-0.2, -0.15) is 0 Å². The first kappa shape index (κ1) is 15.8. The van der Waals surface area contributed by atoms with E-state index in [-0.39, 0.29) is 18.4 Å². The highest BCUT2D eigenvalue weighted by Gasteiger charge is 2.35. The molecule has 5 heteroatoms. The number of carboxylic acids is 1. The van der Waals surface area contributed by atoms with E-state index in [4.69, 9.17) is 0 Å². The van der Waals surface area contributed by atoms with E-state index in [2.05, 4.69) is 0 Å². The number of aryl methyl sites for hydroxylation is 1. The summed E-state index contributed by atoms with van der Waals surface area (Å²) in [7, 11) is 0. The van der Waals surface area contributed by atoms with Crippen LogP contribution in [-0.4, -0.2) is 45.4 Å². The molecule has 1 aromatic rings. The number of aromatic hydroxyl groups is 1. The number of phenols is 1. The molecular weight excluding hydrogens is 270 g/mol. The molecule has 3 N–H and O–H groups in total. The van der Waals surface area contributed by atoms with Crippen LogP contribution >= 0.6 is 0 Å². The summed E-state index contributed by atoms with van der Waals surface area (Å²) in [6.45, 7) is 2.60. The zero-order chi connectivity index (χ0) is 15.4. The lowest BCUT2D eigenvalue weighted by Gasteiger charge is -2.39. The predicted octanol–water partition coefficient (Wildman–Crippen LogP) is 2.06. The van der Waals surface area contributed by atoms with Crippen LogP contribution in [0.5, 0.6) is 5.75 Å². The molecule has 0 spiro atoms. The highest BCUT2D eigenvalue weighted by molar-refractivity contribution is 5.77. The lowest BCUT2D eigenvalue weighted by Crippen LogP contribution is -2.45. The molecule has 1 aliphatic rings. The fraction of sp³-hybridized carbons (Fsp3) is 0.562. The maximum Gasteiger partial charge on any atom is 0.325 e. The van der Waals surface area contributed by atoms with Gasteiger partial charge in [0.25, 0.3) is 0 Å². The molecule has 1 aromatic carbocycles. The number of aliphatic carboxylic acids is 1. The number of benzene rings is 1. The summed E-state index contributed by atoms with van der Waals surface area (Å²) in [5.74, 6) is -0.943. The topological polar surface area (TPSA) is 81.0 Å². The number of phenolic OH excluding ortho intramolecular Hbond substituents is 1. The molecule has 0 aliphatic carbocycles. The maximum atomic E-state index is 11.8. The van der Waals surface area contributed by atoms with Gasteiger partial charge in [-0.05, 0) is 38.8 Å². The van der Waals surface area contributed by atoms with Crippen molar-refractivity contribution in [3.63, 3.8) is 0 Å². The zero-order valence-electron chi connectivity index (χ0n) is 12.3. The van der Waals surface area contributed by atoms with Gasteiger partial charge in [-0.3, -0.25) is 9.69 Å². The summed E-state index contributed by atoms with van der Waals surface area (Å²) in [4.78, 5) is 13.7. The fourth-order valence-electron chi connectivity index (χ4n) is 3.17. The number of carboxylic acid groups (broad SMARTS) is 1. The molecule has 2 rings (SSSR count). The van der Waals surface area contributed by atoms with E-state index in [0.717, 1.165) is 24.8 Å². The van der Waals surface area contributed by atoms with Crippen LogP contribution in [0.1, 0.15) is 42.9 Å². The van der Waals surface area contributed by atoms with Crippen molar-refractivity contribution >= 4 is 5.97 Å². The Bertz CT molecular complexity index is 501. The number of hydrogen-bond donors (Lipinski definition) is 3. The molecule has 2 atom stereocenters. The fourth-order valence-corrected chi connectivity index (χ4v) is 3.17. The van der Waals surface area contributed by atoms with Gasteiger partial charge in [-0.15, -0.1) is 0 Å². The van der Waals surface area contributed by atoms with Crippen molar-refractivity contribution < 1.29 is 20.1 Å². The lowest BCUT2D eigenvalue weighted by molar-refractivity contribution is -0.145. The van der Waals surface area contributed by atoms with E-state index in [1.165, 1.54) is 0 Å². The molecule has 0 bridgehead atoms. The van der Waals surface area contributed by atoms with Gasteiger partial charge in [0.1, 0.15) is 11.8 Å². The molecule has 0 saturated carbocycles. The average Bonchev–Trinajstić information content (AvgIpc) is 2.45. The third-order valence-electron chi connectivity index (χ3n) is 4.18. The van der Waals surface area contributed by atoms with Crippen molar-refractivity contribution in [2.24, 2.45) is 0 Å². The van der Waals surface area contributed by atoms with Crippen LogP contribution in [0.2, 0.25) is 0 Å². The molecule has 116 valence electrons. The third-order valence-corrected chi connectivity index (χ3v) is 4.18. The summed E-state index contributed by atoms with van der Waals surface area (Å²) in [5.41, 5.74) is 1.36. The first-order valence-corrected chi connectivity index (χ1v) is 7.43. The minimum absolute atomic E-state index is 0.0151. The monoisotopic (exact) mass is 293 g/mol. The molecule has 2 unspecified atom stereocenters. The quantitative estimate of drug-likeness (QED) is 0.774. The number of hydrogen-bond acceptors (Lipinski definition) is 4. The number of aliphatic hydroxyl groups is 1.